The summed E-state index contributed by atoms with van der Waals surface area (Å²) in [6, 6.07) is 0. The van der Waals surface area contributed by atoms with E-state index in [9.17, 15) is 4.79 Å². The van der Waals surface area contributed by atoms with Gasteiger partial charge in [0.25, 0.3) is 0 Å². The van der Waals surface area contributed by atoms with Gasteiger partial charge in [0.05, 0.1) is 19.4 Å². The molecule has 0 amide bonds. The number of aromatic nitrogens is 1. The summed E-state index contributed by atoms with van der Waals surface area (Å²) in [7, 11) is 1.35. The molecule has 0 saturated heterocycles. The highest BCUT2D eigenvalue weighted by Crippen LogP contribution is 2.18. The van der Waals surface area contributed by atoms with Crippen LogP contribution >= 0.6 is 11.3 Å². The molecule has 0 aromatic carbocycles. The fourth-order valence-electron chi connectivity index (χ4n) is 1.13. The van der Waals surface area contributed by atoms with Crippen LogP contribution in [-0.2, 0) is 9.47 Å². The first-order valence-electron chi connectivity index (χ1n) is 5.07. The van der Waals surface area contributed by atoms with Gasteiger partial charge in [0.1, 0.15) is 4.88 Å². The molecular formula is C10H16N2O3S. The van der Waals surface area contributed by atoms with Crippen LogP contribution in [0, 0.1) is 0 Å². The first kappa shape index (κ1) is 12.9. The summed E-state index contributed by atoms with van der Waals surface area (Å²) in [5.41, 5.74) is 0. The Bertz CT molecular complexity index is 341. The highest BCUT2D eigenvalue weighted by Gasteiger charge is 2.10. The number of ether oxygens (including phenoxy) is 2. The molecule has 1 unspecified atom stereocenters. The summed E-state index contributed by atoms with van der Waals surface area (Å²) in [6.07, 6.45) is 1.62. The quantitative estimate of drug-likeness (QED) is 0.773. The molecule has 0 radical (unpaired) electrons. The van der Waals surface area contributed by atoms with Gasteiger partial charge in [0, 0.05) is 13.2 Å². The predicted molar refractivity (Wildman–Crippen MR) is 63.0 cm³/mol. The number of esters is 1. The van der Waals surface area contributed by atoms with Crippen LogP contribution in [0.3, 0.4) is 0 Å². The van der Waals surface area contributed by atoms with Gasteiger partial charge in [-0.1, -0.05) is 11.3 Å². The molecular weight excluding hydrogens is 228 g/mol. The molecule has 0 spiro atoms. The van der Waals surface area contributed by atoms with Gasteiger partial charge in [-0.05, 0) is 13.8 Å². The van der Waals surface area contributed by atoms with E-state index in [2.05, 4.69) is 15.0 Å². The van der Waals surface area contributed by atoms with Crippen molar-refractivity contribution in [1.29, 1.82) is 0 Å². The van der Waals surface area contributed by atoms with E-state index in [1.54, 1.807) is 0 Å². The van der Waals surface area contributed by atoms with Crippen LogP contribution in [0.2, 0.25) is 0 Å². The van der Waals surface area contributed by atoms with Gasteiger partial charge >= 0.3 is 5.97 Å². The zero-order valence-corrected chi connectivity index (χ0v) is 10.5. The number of hydrogen-bond donors (Lipinski definition) is 1. The fourth-order valence-corrected chi connectivity index (χ4v) is 1.87. The van der Waals surface area contributed by atoms with Crippen molar-refractivity contribution >= 4 is 22.4 Å². The minimum atomic E-state index is -0.358. The maximum absolute atomic E-state index is 11.2. The third-order valence-electron chi connectivity index (χ3n) is 1.88. The fraction of sp³-hybridized carbons (Fsp3) is 0.600. The van der Waals surface area contributed by atoms with Crippen LogP contribution in [0.25, 0.3) is 0 Å². The highest BCUT2D eigenvalue weighted by atomic mass is 32.1. The Kier molecular flexibility index (Phi) is 5.21. The molecule has 5 nitrogen and oxygen atoms in total. The molecule has 1 aromatic rings. The van der Waals surface area contributed by atoms with E-state index in [4.69, 9.17) is 4.74 Å². The molecule has 90 valence electrons. The van der Waals surface area contributed by atoms with E-state index < -0.39 is 0 Å². The van der Waals surface area contributed by atoms with E-state index in [-0.39, 0.29) is 12.1 Å². The average Bonchev–Trinajstić information content (AvgIpc) is 2.74. The molecule has 1 heterocycles. The summed E-state index contributed by atoms with van der Waals surface area (Å²) in [5.74, 6) is -0.358. The molecule has 0 saturated carbocycles. The van der Waals surface area contributed by atoms with Gasteiger partial charge in [0.15, 0.2) is 5.13 Å². The summed E-state index contributed by atoms with van der Waals surface area (Å²) in [6.45, 7) is 5.29. The van der Waals surface area contributed by atoms with E-state index >= 15 is 0 Å². The van der Waals surface area contributed by atoms with Crippen molar-refractivity contribution in [3.8, 4) is 0 Å². The predicted octanol–water partition coefficient (Wildman–Crippen LogP) is 1.77. The summed E-state index contributed by atoms with van der Waals surface area (Å²) in [5, 5.41) is 3.80. The van der Waals surface area contributed by atoms with Crippen molar-refractivity contribution in [3.05, 3.63) is 11.1 Å². The van der Waals surface area contributed by atoms with Gasteiger partial charge in [-0.25, -0.2) is 9.78 Å². The smallest absolute Gasteiger partial charge is 0.349 e. The maximum atomic E-state index is 11.2. The number of carbonyl (C=O) groups excluding carboxylic acids is 1. The largest absolute Gasteiger partial charge is 0.465 e. The van der Waals surface area contributed by atoms with Crippen molar-refractivity contribution in [2.75, 3.05) is 25.6 Å². The van der Waals surface area contributed by atoms with Crippen molar-refractivity contribution in [3.63, 3.8) is 0 Å². The molecule has 1 aromatic heterocycles. The van der Waals surface area contributed by atoms with E-state index in [1.807, 2.05) is 13.8 Å². The summed E-state index contributed by atoms with van der Waals surface area (Å²) < 4.78 is 9.95. The molecule has 1 rings (SSSR count). The van der Waals surface area contributed by atoms with Crippen LogP contribution in [0.4, 0.5) is 5.13 Å². The molecule has 0 aliphatic carbocycles. The Balaban J connectivity index is 2.43. The average molecular weight is 244 g/mol. The Morgan fingerprint density at radius 1 is 1.69 bits per heavy atom. The molecule has 0 fully saturated rings. The van der Waals surface area contributed by atoms with E-state index in [0.29, 0.717) is 23.2 Å². The Morgan fingerprint density at radius 2 is 2.44 bits per heavy atom. The lowest BCUT2D eigenvalue weighted by Crippen LogP contribution is -2.19. The second-order valence-electron chi connectivity index (χ2n) is 3.17. The summed E-state index contributed by atoms with van der Waals surface area (Å²) in [4.78, 5) is 15.7. The van der Waals surface area contributed by atoms with Crippen LogP contribution in [0.1, 0.15) is 23.5 Å². The minimum Gasteiger partial charge on any atom is -0.465 e. The van der Waals surface area contributed by atoms with Crippen molar-refractivity contribution in [1.82, 2.24) is 4.98 Å². The van der Waals surface area contributed by atoms with Gasteiger partial charge in [-0.15, -0.1) is 0 Å². The molecule has 1 atom stereocenters. The number of hydrogen-bond acceptors (Lipinski definition) is 6. The Morgan fingerprint density at radius 3 is 3.06 bits per heavy atom. The molecule has 0 bridgehead atoms. The first-order valence-corrected chi connectivity index (χ1v) is 5.88. The third-order valence-corrected chi connectivity index (χ3v) is 2.82. The zero-order chi connectivity index (χ0) is 12.0. The number of methoxy groups -OCH3 is 1. The lowest BCUT2D eigenvalue weighted by atomic mass is 10.4. The summed E-state index contributed by atoms with van der Waals surface area (Å²) >= 11 is 1.27. The second-order valence-corrected chi connectivity index (χ2v) is 4.20. The maximum Gasteiger partial charge on any atom is 0.349 e. The number of anilines is 1. The molecule has 6 heteroatoms. The van der Waals surface area contributed by atoms with E-state index in [0.717, 1.165) is 0 Å². The Hall–Kier alpha value is -1.14. The minimum absolute atomic E-state index is 0.121. The monoisotopic (exact) mass is 244 g/mol. The highest BCUT2D eigenvalue weighted by molar-refractivity contribution is 7.17. The normalized spacial score (nSPS) is 12.2. The van der Waals surface area contributed by atoms with Gasteiger partial charge < -0.3 is 14.8 Å². The van der Waals surface area contributed by atoms with E-state index in [1.165, 1.54) is 24.6 Å². The van der Waals surface area contributed by atoms with Crippen LogP contribution in [0.5, 0.6) is 0 Å². The van der Waals surface area contributed by atoms with Crippen LogP contribution < -0.4 is 5.32 Å². The topological polar surface area (TPSA) is 60.5 Å². The van der Waals surface area contributed by atoms with Crippen LogP contribution in [-0.4, -0.2) is 37.3 Å². The molecule has 0 aliphatic rings. The van der Waals surface area contributed by atoms with Crippen molar-refractivity contribution in [2.24, 2.45) is 0 Å². The zero-order valence-electron chi connectivity index (χ0n) is 9.65. The first-order chi connectivity index (χ1) is 7.67. The number of nitrogens with zero attached hydrogens (tertiary/aromatic N) is 1. The van der Waals surface area contributed by atoms with Crippen LogP contribution in [0.15, 0.2) is 6.20 Å². The Labute approximate surface area is 98.8 Å². The molecule has 16 heavy (non-hydrogen) atoms. The van der Waals surface area contributed by atoms with Crippen molar-refractivity contribution < 1.29 is 14.3 Å². The SMILES string of the molecule is CCOC(C)CNc1ncc(C(=O)OC)s1. The number of thiazole rings is 1. The second kappa shape index (κ2) is 6.44. The number of rotatable bonds is 6. The van der Waals surface area contributed by atoms with Gasteiger partial charge in [-0.3, -0.25) is 0 Å². The van der Waals surface area contributed by atoms with Crippen molar-refractivity contribution in [2.45, 2.75) is 20.0 Å². The van der Waals surface area contributed by atoms with Gasteiger partial charge in [0.2, 0.25) is 0 Å². The lowest BCUT2D eigenvalue weighted by Gasteiger charge is -2.11. The number of nitrogens with one attached hydrogen (secondary N) is 1. The molecule has 0 aliphatic heterocycles. The molecule has 1 N–H and O–H groups in total. The van der Waals surface area contributed by atoms with Gasteiger partial charge in [-0.2, -0.15) is 0 Å². The number of carbonyl (C=O) groups is 1. The lowest BCUT2D eigenvalue weighted by molar-refractivity contribution is 0.0606. The third kappa shape index (κ3) is 3.79. The standard InChI is InChI=1S/C10H16N2O3S/c1-4-15-7(2)5-11-10-12-6-8(16-10)9(13)14-3/h6-7H,4-5H2,1-3H3,(H,11,12).